The van der Waals surface area contributed by atoms with Crippen molar-refractivity contribution in [1.29, 1.82) is 0 Å². The van der Waals surface area contributed by atoms with E-state index in [0.29, 0.717) is 47.2 Å². The topological polar surface area (TPSA) is 94.9 Å². The Bertz CT molecular complexity index is 1630. The summed E-state index contributed by atoms with van der Waals surface area (Å²) in [6.45, 7) is 2.08. The molecule has 2 saturated heterocycles. The highest BCUT2D eigenvalue weighted by atomic mass is 35.5. The third-order valence-corrected chi connectivity index (χ3v) is 8.29. The smallest absolute Gasteiger partial charge is 0.407 e. The first-order chi connectivity index (χ1) is 19.2. The molecular weight excluding hydrogens is 542 g/mol. The van der Waals surface area contributed by atoms with Crippen molar-refractivity contribution in [3.05, 3.63) is 53.2 Å². The van der Waals surface area contributed by atoms with Crippen molar-refractivity contribution < 1.29 is 23.4 Å². The van der Waals surface area contributed by atoms with Gasteiger partial charge in [0.15, 0.2) is 5.82 Å². The van der Waals surface area contributed by atoms with E-state index in [-0.39, 0.29) is 34.3 Å². The summed E-state index contributed by atoms with van der Waals surface area (Å²) < 4.78 is 36.7. The summed E-state index contributed by atoms with van der Waals surface area (Å²) >= 11 is 6.32. The van der Waals surface area contributed by atoms with E-state index in [9.17, 15) is 14.3 Å². The monoisotopic (exact) mass is 568 g/mol. The number of hydrogen-bond donors (Lipinski definition) is 1. The van der Waals surface area contributed by atoms with Gasteiger partial charge in [-0.05, 0) is 37.9 Å². The average Bonchev–Trinajstić information content (AvgIpc) is 3.33. The van der Waals surface area contributed by atoms with Crippen molar-refractivity contribution in [2.24, 2.45) is 0 Å². The third kappa shape index (κ3) is 4.52. The summed E-state index contributed by atoms with van der Waals surface area (Å²) in [7, 11) is 3.54. The van der Waals surface area contributed by atoms with E-state index in [1.807, 2.05) is 11.9 Å². The van der Waals surface area contributed by atoms with Gasteiger partial charge in [-0.25, -0.2) is 13.6 Å². The SMILES string of the molecule is CN(C(=O)O)C1CN(c2nc(OC[C@@H]3CCCN3C)nc3c(F)c(-c4cccc5ccc(F)c(Cl)c45)ncc23)C1. The Morgan fingerprint density at radius 2 is 2.02 bits per heavy atom. The number of amides is 1. The van der Waals surface area contributed by atoms with E-state index in [2.05, 4.69) is 19.9 Å². The van der Waals surface area contributed by atoms with Crippen LogP contribution in [-0.2, 0) is 0 Å². The molecule has 4 aromatic rings. The molecule has 2 aliphatic rings. The Morgan fingerprint density at radius 3 is 2.75 bits per heavy atom. The number of likely N-dealkylation sites (tertiary alicyclic amines) is 1. The molecule has 0 spiro atoms. The van der Waals surface area contributed by atoms with Crippen molar-refractivity contribution in [2.45, 2.75) is 24.9 Å². The Morgan fingerprint density at radius 1 is 1.23 bits per heavy atom. The number of pyridine rings is 1. The van der Waals surface area contributed by atoms with Crippen LogP contribution in [0.3, 0.4) is 0 Å². The van der Waals surface area contributed by atoms with Gasteiger partial charge >= 0.3 is 12.1 Å². The van der Waals surface area contributed by atoms with Crippen LogP contribution in [-0.4, -0.2) is 88.4 Å². The van der Waals surface area contributed by atoms with Gasteiger partial charge in [0, 0.05) is 43.3 Å². The number of hydrogen-bond acceptors (Lipinski definition) is 7. The molecule has 2 aliphatic heterocycles. The van der Waals surface area contributed by atoms with Crippen LogP contribution in [0.25, 0.3) is 32.9 Å². The van der Waals surface area contributed by atoms with E-state index in [4.69, 9.17) is 16.3 Å². The minimum atomic E-state index is -1.02. The van der Waals surface area contributed by atoms with Crippen molar-refractivity contribution in [2.75, 3.05) is 45.2 Å². The molecule has 0 radical (unpaired) electrons. The van der Waals surface area contributed by atoms with Crippen molar-refractivity contribution in [3.63, 3.8) is 0 Å². The van der Waals surface area contributed by atoms with E-state index in [1.165, 1.54) is 24.2 Å². The van der Waals surface area contributed by atoms with Gasteiger partial charge in [0.1, 0.15) is 29.5 Å². The number of carboxylic acid groups (broad SMARTS) is 1. The Balaban J connectivity index is 1.45. The first-order valence-electron chi connectivity index (χ1n) is 13.0. The fraction of sp³-hybridized carbons (Fsp3) is 0.357. The van der Waals surface area contributed by atoms with E-state index in [1.54, 1.807) is 24.3 Å². The number of carbonyl (C=O) groups is 1. The van der Waals surface area contributed by atoms with Gasteiger partial charge in [-0.15, -0.1) is 0 Å². The maximum Gasteiger partial charge on any atom is 0.407 e. The fourth-order valence-electron chi connectivity index (χ4n) is 5.41. The minimum absolute atomic E-state index is 0.00402. The summed E-state index contributed by atoms with van der Waals surface area (Å²) in [5, 5.41) is 10.6. The Hall–Kier alpha value is -3.83. The molecule has 1 amide bonds. The molecule has 4 heterocycles. The number of benzene rings is 2. The molecule has 0 unspecified atom stereocenters. The fourth-order valence-corrected chi connectivity index (χ4v) is 5.69. The van der Waals surface area contributed by atoms with Crippen molar-refractivity contribution >= 4 is 45.2 Å². The number of ether oxygens (including phenoxy) is 1. The molecule has 2 fully saturated rings. The number of anilines is 1. The molecule has 208 valence electrons. The molecule has 40 heavy (non-hydrogen) atoms. The highest BCUT2D eigenvalue weighted by Crippen LogP contribution is 2.39. The molecular formula is C28H27ClF2N6O3. The predicted molar refractivity (Wildman–Crippen MR) is 148 cm³/mol. The number of rotatable bonds is 6. The van der Waals surface area contributed by atoms with Crippen LogP contribution in [0.1, 0.15) is 12.8 Å². The maximum atomic E-state index is 16.3. The number of aromatic nitrogens is 3. The summed E-state index contributed by atoms with van der Waals surface area (Å²) in [6.07, 6.45) is 2.51. The zero-order chi connectivity index (χ0) is 28.1. The molecule has 6 rings (SSSR count). The minimum Gasteiger partial charge on any atom is -0.465 e. The van der Waals surface area contributed by atoms with Crippen LogP contribution < -0.4 is 9.64 Å². The van der Waals surface area contributed by atoms with E-state index >= 15 is 4.39 Å². The molecule has 0 saturated carbocycles. The van der Waals surface area contributed by atoms with Crippen LogP contribution in [0, 0.1) is 11.6 Å². The molecule has 2 aromatic carbocycles. The average molecular weight is 569 g/mol. The summed E-state index contributed by atoms with van der Waals surface area (Å²) in [4.78, 5) is 30.2. The van der Waals surface area contributed by atoms with Gasteiger partial charge in [0.05, 0.1) is 16.5 Å². The zero-order valence-electron chi connectivity index (χ0n) is 21.9. The summed E-state index contributed by atoms with van der Waals surface area (Å²) in [5.74, 6) is -0.912. The first kappa shape index (κ1) is 26.4. The van der Waals surface area contributed by atoms with Gasteiger partial charge in [0.2, 0.25) is 0 Å². The number of halogens is 3. The molecule has 0 aliphatic carbocycles. The lowest BCUT2D eigenvalue weighted by Crippen LogP contribution is -2.60. The molecule has 9 nitrogen and oxygen atoms in total. The van der Waals surface area contributed by atoms with Gasteiger partial charge in [0.25, 0.3) is 0 Å². The Kier molecular flexibility index (Phi) is 6.79. The Labute approximate surface area is 233 Å². The molecule has 12 heteroatoms. The lowest BCUT2D eigenvalue weighted by molar-refractivity contribution is 0.129. The van der Waals surface area contributed by atoms with Crippen LogP contribution in [0.5, 0.6) is 6.01 Å². The number of fused-ring (bicyclic) bond motifs is 2. The van der Waals surface area contributed by atoms with Gasteiger partial charge < -0.3 is 24.5 Å². The molecule has 2 aromatic heterocycles. The second-order valence-electron chi connectivity index (χ2n) is 10.3. The van der Waals surface area contributed by atoms with Crippen molar-refractivity contribution in [3.8, 4) is 17.3 Å². The van der Waals surface area contributed by atoms with Crippen molar-refractivity contribution in [1.82, 2.24) is 24.8 Å². The summed E-state index contributed by atoms with van der Waals surface area (Å²) in [6, 6.07) is 7.98. The van der Waals surface area contributed by atoms with E-state index < -0.39 is 17.7 Å². The number of likely N-dealkylation sites (N-methyl/N-ethyl adjacent to an activating group) is 2. The predicted octanol–water partition coefficient (Wildman–Crippen LogP) is 5.05. The lowest BCUT2D eigenvalue weighted by atomic mass is 10.0. The summed E-state index contributed by atoms with van der Waals surface area (Å²) in [5.41, 5.74) is 0.317. The zero-order valence-corrected chi connectivity index (χ0v) is 22.7. The van der Waals surface area contributed by atoms with E-state index in [0.717, 1.165) is 19.4 Å². The maximum absolute atomic E-state index is 16.3. The van der Waals surface area contributed by atoms with Gasteiger partial charge in [-0.1, -0.05) is 35.9 Å². The second-order valence-corrected chi connectivity index (χ2v) is 10.7. The highest BCUT2D eigenvalue weighted by molar-refractivity contribution is 6.36. The second kappa shape index (κ2) is 10.3. The molecule has 1 atom stereocenters. The van der Waals surface area contributed by atoms with Crippen LogP contribution in [0.15, 0.2) is 36.5 Å². The quantitative estimate of drug-likeness (QED) is 0.345. The number of nitrogens with zero attached hydrogens (tertiary/aromatic N) is 6. The third-order valence-electron chi connectivity index (χ3n) is 7.92. The normalized spacial score (nSPS) is 17.9. The van der Waals surface area contributed by atoms with Gasteiger partial charge in [-0.2, -0.15) is 9.97 Å². The molecule has 1 N–H and O–H groups in total. The highest BCUT2D eigenvalue weighted by Gasteiger charge is 2.35. The first-order valence-corrected chi connectivity index (χ1v) is 13.4. The largest absolute Gasteiger partial charge is 0.465 e. The van der Waals surface area contributed by atoms with Crippen LogP contribution in [0.2, 0.25) is 5.02 Å². The van der Waals surface area contributed by atoms with Gasteiger partial charge in [-0.3, -0.25) is 4.98 Å². The van der Waals surface area contributed by atoms with Crippen LogP contribution >= 0.6 is 11.6 Å². The van der Waals surface area contributed by atoms with Crippen LogP contribution in [0.4, 0.5) is 19.4 Å². The standard InChI is InChI=1S/C28H27ClF2N6O3/c1-35-10-4-6-16(35)14-40-27-33-25-19(26(34-27)37-12-17(13-37)36(2)28(38)39)11-32-24(23(25)31)18-7-3-5-15-8-9-20(30)22(29)21(15)18/h3,5,7-9,11,16-17H,4,6,10,12-14H2,1-2H3,(H,38,39)/t16-/m0/s1. The molecule has 0 bridgehead atoms. The lowest BCUT2D eigenvalue weighted by Gasteiger charge is -2.43.